The second kappa shape index (κ2) is 4.08. The highest BCUT2D eigenvalue weighted by Gasteiger charge is 2.26. The van der Waals surface area contributed by atoms with E-state index in [4.69, 9.17) is 11.6 Å². The summed E-state index contributed by atoms with van der Waals surface area (Å²) in [6, 6.07) is 0. The molecule has 2 heteroatoms. The van der Waals surface area contributed by atoms with Crippen molar-refractivity contribution >= 4 is 17.4 Å². The first-order chi connectivity index (χ1) is 5.65. The monoisotopic (exact) mass is 186 g/mol. The Morgan fingerprint density at radius 3 is 2.83 bits per heavy atom. The molecule has 1 aliphatic rings. The fourth-order valence-electron chi connectivity index (χ4n) is 1.62. The Bertz CT molecular complexity index is 196. The normalized spacial score (nSPS) is 30.3. The number of allylic oxidation sites excluding steroid dienone is 1. The average molecular weight is 187 g/mol. The molecule has 0 bridgehead atoms. The van der Waals surface area contributed by atoms with Crippen LogP contribution < -0.4 is 0 Å². The summed E-state index contributed by atoms with van der Waals surface area (Å²) in [5.41, 5.74) is 1.02. The highest BCUT2D eigenvalue weighted by Crippen LogP contribution is 2.30. The minimum absolute atomic E-state index is 0.254. The minimum Gasteiger partial charge on any atom is -0.299 e. The molecule has 0 N–H and O–H groups in total. The number of hydrogen-bond acceptors (Lipinski definition) is 1. The Kier molecular flexibility index (Phi) is 3.33. The number of carbonyl (C=O) groups is 1. The van der Waals surface area contributed by atoms with E-state index in [1.807, 2.05) is 6.92 Å². The summed E-state index contributed by atoms with van der Waals surface area (Å²) >= 11 is 5.66. The third-order valence-corrected chi connectivity index (χ3v) is 3.04. The molecule has 0 aromatic rings. The van der Waals surface area contributed by atoms with Crippen LogP contribution >= 0.6 is 11.6 Å². The summed E-state index contributed by atoms with van der Waals surface area (Å²) in [7, 11) is 0. The van der Waals surface area contributed by atoms with Crippen molar-refractivity contribution in [2.75, 3.05) is 5.88 Å². The van der Waals surface area contributed by atoms with E-state index in [1.165, 1.54) is 0 Å². The fraction of sp³-hybridized carbons (Fsp3) is 0.700. The Morgan fingerprint density at radius 1 is 1.67 bits per heavy atom. The molecule has 0 saturated heterocycles. The fourth-order valence-corrected chi connectivity index (χ4v) is 1.83. The van der Waals surface area contributed by atoms with Crippen LogP contribution in [0, 0.1) is 11.8 Å². The predicted octanol–water partition coefficient (Wildman–Crippen LogP) is 2.79. The molecule has 0 aromatic heterocycles. The van der Waals surface area contributed by atoms with Gasteiger partial charge in [-0.2, -0.15) is 0 Å². The van der Waals surface area contributed by atoms with E-state index in [2.05, 4.69) is 6.58 Å². The number of Topliss-reactive ketones (excluding diaryl/α,β-unsaturated/α-hetero) is 1. The first-order valence-corrected chi connectivity index (χ1v) is 4.95. The van der Waals surface area contributed by atoms with Crippen LogP contribution in [0.15, 0.2) is 12.2 Å². The molecule has 1 fully saturated rings. The standard InChI is InChI=1S/C10H15ClO/c1-7-3-4-9(5-10(7)12)8(2)6-11/h7,9H,2-6H2,1H3/t7-,9-/m1/s1. The number of halogens is 1. The van der Waals surface area contributed by atoms with Gasteiger partial charge in [0.05, 0.1) is 0 Å². The van der Waals surface area contributed by atoms with Crippen molar-refractivity contribution in [1.29, 1.82) is 0 Å². The molecule has 0 radical (unpaired) electrons. The van der Waals surface area contributed by atoms with Gasteiger partial charge in [0.25, 0.3) is 0 Å². The van der Waals surface area contributed by atoms with Crippen molar-refractivity contribution in [1.82, 2.24) is 0 Å². The molecular formula is C10H15ClO. The van der Waals surface area contributed by atoms with Crippen molar-refractivity contribution in [2.24, 2.45) is 11.8 Å². The van der Waals surface area contributed by atoms with Crippen LogP contribution in [0.3, 0.4) is 0 Å². The van der Waals surface area contributed by atoms with Gasteiger partial charge >= 0.3 is 0 Å². The van der Waals surface area contributed by atoms with Gasteiger partial charge in [-0.05, 0) is 18.8 Å². The minimum atomic E-state index is 0.254. The molecule has 0 amide bonds. The smallest absolute Gasteiger partial charge is 0.136 e. The van der Waals surface area contributed by atoms with E-state index in [0.29, 0.717) is 24.0 Å². The number of ketones is 1. The van der Waals surface area contributed by atoms with Gasteiger partial charge in [-0.3, -0.25) is 4.79 Å². The molecule has 2 atom stereocenters. The Labute approximate surface area is 78.8 Å². The lowest BCUT2D eigenvalue weighted by molar-refractivity contribution is -0.124. The van der Waals surface area contributed by atoms with E-state index in [-0.39, 0.29) is 5.92 Å². The molecule has 0 aliphatic heterocycles. The molecular weight excluding hydrogens is 172 g/mol. The molecule has 0 unspecified atom stereocenters. The van der Waals surface area contributed by atoms with Crippen LogP contribution in [0.25, 0.3) is 0 Å². The van der Waals surface area contributed by atoms with Gasteiger partial charge in [0.15, 0.2) is 0 Å². The van der Waals surface area contributed by atoms with E-state index in [1.54, 1.807) is 0 Å². The van der Waals surface area contributed by atoms with Gasteiger partial charge < -0.3 is 0 Å². The summed E-state index contributed by atoms with van der Waals surface area (Å²) in [6.45, 7) is 5.87. The van der Waals surface area contributed by atoms with Crippen molar-refractivity contribution in [3.63, 3.8) is 0 Å². The summed E-state index contributed by atoms with van der Waals surface area (Å²) < 4.78 is 0. The molecule has 12 heavy (non-hydrogen) atoms. The van der Waals surface area contributed by atoms with Crippen molar-refractivity contribution in [2.45, 2.75) is 26.2 Å². The van der Waals surface area contributed by atoms with Crippen molar-refractivity contribution < 1.29 is 4.79 Å². The zero-order valence-electron chi connectivity index (χ0n) is 7.48. The predicted molar refractivity (Wildman–Crippen MR) is 51.4 cm³/mol. The maximum absolute atomic E-state index is 11.3. The van der Waals surface area contributed by atoms with Crippen LogP contribution in [-0.2, 0) is 4.79 Å². The third kappa shape index (κ3) is 2.10. The van der Waals surface area contributed by atoms with Crippen molar-refractivity contribution in [3.05, 3.63) is 12.2 Å². The summed E-state index contributed by atoms with van der Waals surface area (Å²) in [6.07, 6.45) is 2.74. The van der Waals surface area contributed by atoms with Gasteiger partial charge in [0.1, 0.15) is 5.78 Å². The SMILES string of the molecule is C=C(CCl)[C@@H]1CC[C@@H](C)C(=O)C1. The van der Waals surface area contributed by atoms with E-state index < -0.39 is 0 Å². The first-order valence-electron chi connectivity index (χ1n) is 4.41. The lowest BCUT2D eigenvalue weighted by Crippen LogP contribution is -2.23. The summed E-state index contributed by atoms with van der Waals surface area (Å²) in [5.74, 6) is 1.47. The summed E-state index contributed by atoms with van der Waals surface area (Å²) in [5, 5.41) is 0. The quantitative estimate of drug-likeness (QED) is 0.479. The van der Waals surface area contributed by atoms with E-state index in [0.717, 1.165) is 18.4 Å². The van der Waals surface area contributed by atoms with Crippen LogP contribution in [0.5, 0.6) is 0 Å². The van der Waals surface area contributed by atoms with Crippen molar-refractivity contribution in [3.8, 4) is 0 Å². The molecule has 1 aliphatic carbocycles. The number of alkyl halides is 1. The van der Waals surface area contributed by atoms with Gasteiger partial charge in [-0.25, -0.2) is 0 Å². The maximum atomic E-state index is 11.3. The van der Waals surface area contributed by atoms with E-state index in [9.17, 15) is 4.79 Å². The molecule has 0 aromatic carbocycles. The lowest BCUT2D eigenvalue weighted by Gasteiger charge is -2.25. The highest BCUT2D eigenvalue weighted by molar-refractivity contribution is 6.19. The molecule has 0 heterocycles. The molecule has 0 spiro atoms. The zero-order valence-corrected chi connectivity index (χ0v) is 8.23. The Balaban J connectivity index is 2.51. The first kappa shape index (κ1) is 9.79. The van der Waals surface area contributed by atoms with Gasteiger partial charge in [-0.1, -0.05) is 19.1 Å². The van der Waals surface area contributed by atoms with Crippen LogP contribution in [0.1, 0.15) is 26.2 Å². The highest BCUT2D eigenvalue weighted by atomic mass is 35.5. The average Bonchev–Trinajstić information content (AvgIpc) is 2.08. The lowest BCUT2D eigenvalue weighted by atomic mass is 9.79. The second-order valence-electron chi connectivity index (χ2n) is 3.64. The largest absolute Gasteiger partial charge is 0.299 e. The van der Waals surface area contributed by atoms with Gasteiger partial charge in [0, 0.05) is 18.2 Å². The van der Waals surface area contributed by atoms with Crippen LogP contribution in [-0.4, -0.2) is 11.7 Å². The Morgan fingerprint density at radius 2 is 2.33 bits per heavy atom. The van der Waals surface area contributed by atoms with Crippen LogP contribution in [0.2, 0.25) is 0 Å². The van der Waals surface area contributed by atoms with Gasteiger partial charge in [-0.15, -0.1) is 11.6 Å². The molecule has 1 nitrogen and oxygen atoms in total. The number of rotatable bonds is 2. The number of hydrogen-bond donors (Lipinski definition) is 0. The zero-order chi connectivity index (χ0) is 9.14. The number of carbonyl (C=O) groups excluding carboxylic acids is 1. The second-order valence-corrected chi connectivity index (χ2v) is 3.90. The van der Waals surface area contributed by atoms with E-state index >= 15 is 0 Å². The maximum Gasteiger partial charge on any atom is 0.136 e. The van der Waals surface area contributed by atoms with Crippen LogP contribution in [0.4, 0.5) is 0 Å². The Hall–Kier alpha value is -0.300. The third-order valence-electron chi connectivity index (χ3n) is 2.69. The molecule has 1 saturated carbocycles. The topological polar surface area (TPSA) is 17.1 Å². The molecule has 1 rings (SSSR count). The molecule has 68 valence electrons. The van der Waals surface area contributed by atoms with Gasteiger partial charge in [0.2, 0.25) is 0 Å². The summed E-state index contributed by atoms with van der Waals surface area (Å²) in [4.78, 5) is 11.3.